The minimum atomic E-state index is -3.53. The molecule has 2 amide bonds. The third kappa shape index (κ3) is 4.59. The van der Waals surface area contributed by atoms with Crippen LogP contribution in [0.4, 0.5) is 4.79 Å². The topological polar surface area (TPSA) is 107 Å². The van der Waals surface area contributed by atoms with Crippen LogP contribution in [0, 0.1) is 5.92 Å². The SMILES string of the molecule is O=C(O)C1CCC(NC(=O)N2CCN(S(=O)(=O)c3ccccc3)CC2)CC1. The quantitative estimate of drug-likeness (QED) is 0.800. The molecule has 0 unspecified atom stereocenters. The second kappa shape index (κ2) is 8.26. The number of carbonyl (C=O) groups excluding carboxylic acids is 1. The molecule has 0 bridgehead atoms. The van der Waals surface area contributed by atoms with Gasteiger partial charge in [-0.1, -0.05) is 18.2 Å². The number of aliphatic carboxylic acids is 1. The Balaban J connectivity index is 1.49. The van der Waals surface area contributed by atoms with Crippen molar-refractivity contribution in [3.8, 4) is 0 Å². The van der Waals surface area contributed by atoms with E-state index in [9.17, 15) is 18.0 Å². The molecule has 2 fully saturated rings. The van der Waals surface area contributed by atoms with Gasteiger partial charge < -0.3 is 15.3 Å². The molecule has 1 saturated carbocycles. The van der Waals surface area contributed by atoms with E-state index in [1.54, 1.807) is 35.2 Å². The number of carboxylic acid groups (broad SMARTS) is 1. The summed E-state index contributed by atoms with van der Waals surface area (Å²) >= 11 is 0. The van der Waals surface area contributed by atoms with Crippen LogP contribution in [0.5, 0.6) is 0 Å². The van der Waals surface area contributed by atoms with Crippen molar-refractivity contribution in [2.24, 2.45) is 5.92 Å². The van der Waals surface area contributed by atoms with Crippen LogP contribution in [0.25, 0.3) is 0 Å². The number of benzene rings is 1. The van der Waals surface area contributed by atoms with Gasteiger partial charge in [-0.05, 0) is 37.8 Å². The molecule has 1 aliphatic heterocycles. The van der Waals surface area contributed by atoms with Gasteiger partial charge in [-0.15, -0.1) is 0 Å². The molecular formula is C18H25N3O5S. The fourth-order valence-corrected chi connectivity index (χ4v) is 5.07. The first-order valence-electron chi connectivity index (χ1n) is 9.21. The summed E-state index contributed by atoms with van der Waals surface area (Å²) in [5.74, 6) is -1.08. The summed E-state index contributed by atoms with van der Waals surface area (Å²) in [6.45, 7) is 1.19. The zero-order valence-electron chi connectivity index (χ0n) is 15.1. The van der Waals surface area contributed by atoms with E-state index in [4.69, 9.17) is 5.11 Å². The van der Waals surface area contributed by atoms with Gasteiger partial charge in [0.2, 0.25) is 10.0 Å². The largest absolute Gasteiger partial charge is 0.481 e. The van der Waals surface area contributed by atoms with Crippen LogP contribution in [0.15, 0.2) is 35.2 Å². The molecule has 0 aromatic heterocycles. The predicted molar refractivity (Wildman–Crippen MR) is 98.7 cm³/mol. The molecule has 1 aromatic rings. The number of hydrogen-bond donors (Lipinski definition) is 2. The molecule has 1 heterocycles. The Morgan fingerprint density at radius 1 is 0.963 bits per heavy atom. The maximum atomic E-state index is 12.6. The van der Waals surface area contributed by atoms with E-state index in [1.807, 2.05) is 0 Å². The van der Waals surface area contributed by atoms with Crippen molar-refractivity contribution >= 4 is 22.0 Å². The first-order valence-corrected chi connectivity index (χ1v) is 10.7. The fourth-order valence-electron chi connectivity index (χ4n) is 3.62. The molecule has 0 atom stereocenters. The summed E-state index contributed by atoms with van der Waals surface area (Å²) in [6.07, 6.45) is 2.46. The number of nitrogens with one attached hydrogen (secondary N) is 1. The predicted octanol–water partition coefficient (Wildman–Crippen LogP) is 1.35. The van der Waals surface area contributed by atoms with E-state index in [-0.39, 0.29) is 36.0 Å². The van der Waals surface area contributed by atoms with E-state index in [0.29, 0.717) is 38.8 Å². The van der Waals surface area contributed by atoms with Crippen molar-refractivity contribution in [3.05, 3.63) is 30.3 Å². The van der Waals surface area contributed by atoms with Crippen LogP contribution in [-0.4, -0.2) is 67.0 Å². The Hall–Kier alpha value is -2.13. The van der Waals surface area contributed by atoms with Gasteiger partial charge in [0.15, 0.2) is 0 Å². The highest BCUT2D eigenvalue weighted by Crippen LogP contribution is 2.24. The number of piperazine rings is 1. The number of sulfonamides is 1. The van der Waals surface area contributed by atoms with Crippen LogP contribution >= 0.6 is 0 Å². The first-order chi connectivity index (χ1) is 12.9. The van der Waals surface area contributed by atoms with E-state index in [2.05, 4.69) is 5.32 Å². The molecule has 0 spiro atoms. The lowest BCUT2D eigenvalue weighted by Crippen LogP contribution is -2.54. The molecule has 27 heavy (non-hydrogen) atoms. The number of carbonyl (C=O) groups is 2. The minimum absolute atomic E-state index is 0.0146. The summed E-state index contributed by atoms with van der Waals surface area (Å²) in [5.41, 5.74) is 0. The van der Waals surface area contributed by atoms with Crippen molar-refractivity contribution in [1.82, 2.24) is 14.5 Å². The van der Waals surface area contributed by atoms with Crippen LogP contribution in [0.1, 0.15) is 25.7 Å². The van der Waals surface area contributed by atoms with Crippen LogP contribution in [0.2, 0.25) is 0 Å². The minimum Gasteiger partial charge on any atom is -0.481 e. The molecular weight excluding hydrogens is 370 g/mol. The van der Waals surface area contributed by atoms with Crippen LogP contribution in [0.3, 0.4) is 0 Å². The van der Waals surface area contributed by atoms with Crippen molar-refractivity contribution < 1.29 is 23.1 Å². The van der Waals surface area contributed by atoms with Gasteiger partial charge in [-0.3, -0.25) is 4.79 Å². The number of rotatable bonds is 4. The second-order valence-corrected chi connectivity index (χ2v) is 8.98. The molecule has 1 saturated heterocycles. The molecule has 2 aliphatic rings. The van der Waals surface area contributed by atoms with E-state index in [0.717, 1.165) is 0 Å². The van der Waals surface area contributed by atoms with E-state index in [1.165, 1.54) is 4.31 Å². The zero-order valence-corrected chi connectivity index (χ0v) is 15.9. The summed E-state index contributed by atoms with van der Waals surface area (Å²) in [5, 5.41) is 12.0. The molecule has 1 aromatic carbocycles. The van der Waals surface area contributed by atoms with Gasteiger partial charge in [-0.25, -0.2) is 13.2 Å². The van der Waals surface area contributed by atoms with Crippen LogP contribution < -0.4 is 5.32 Å². The Morgan fingerprint density at radius 2 is 1.56 bits per heavy atom. The smallest absolute Gasteiger partial charge is 0.317 e. The van der Waals surface area contributed by atoms with Gasteiger partial charge in [0, 0.05) is 32.2 Å². The maximum Gasteiger partial charge on any atom is 0.317 e. The van der Waals surface area contributed by atoms with Crippen molar-refractivity contribution in [3.63, 3.8) is 0 Å². The Kier molecular flexibility index (Phi) is 6.01. The van der Waals surface area contributed by atoms with Crippen molar-refractivity contribution in [2.45, 2.75) is 36.6 Å². The highest BCUT2D eigenvalue weighted by molar-refractivity contribution is 7.89. The lowest BCUT2D eigenvalue weighted by molar-refractivity contribution is -0.142. The number of urea groups is 1. The number of nitrogens with zero attached hydrogens (tertiary/aromatic N) is 2. The standard InChI is InChI=1S/C18H25N3O5S/c22-17(23)14-6-8-15(9-7-14)19-18(24)20-10-12-21(13-11-20)27(25,26)16-4-2-1-3-5-16/h1-5,14-15H,6-13H2,(H,19,24)(H,22,23). The molecule has 3 rings (SSSR count). The highest BCUT2D eigenvalue weighted by atomic mass is 32.2. The average Bonchev–Trinajstić information content (AvgIpc) is 2.69. The number of hydrogen-bond acceptors (Lipinski definition) is 4. The zero-order chi connectivity index (χ0) is 19.4. The van der Waals surface area contributed by atoms with Gasteiger partial charge in [0.1, 0.15) is 0 Å². The lowest BCUT2D eigenvalue weighted by atomic mass is 9.86. The molecule has 9 heteroatoms. The highest BCUT2D eigenvalue weighted by Gasteiger charge is 2.32. The lowest BCUT2D eigenvalue weighted by Gasteiger charge is -2.35. The monoisotopic (exact) mass is 395 g/mol. The summed E-state index contributed by atoms with van der Waals surface area (Å²) < 4.78 is 26.7. The van der Waals surface area contributed by atoms with Crippen molar-refractivity contribution in [1.29, 1.82) is 0 Å². The Bertz CT molecular complexity index is 767. The molecule has 8 nitrogen and oxygen atoms in total. The third-order valence-corrected chi connectivity index (χ3v) is 7.22. The summed E-state index contributed by atoms with van der Waals surface area (Å²) in [4.78, 5) is 25.3. The Labute approximate surface area is 159 Å². The van der Waals surface area contributed by atoms with Crippen LogP contribution in [-0.2, 0) is 14.8 Å². The van der Waals surface area contributed by atoms with E-state index < -0.39 is 16.0 Å². The molecule has 0 radical (unpaired) electrons. The van der Waals surface area contributed by atoms with Gasteiger partial charge in [0.05, 0.1) is 10.8 Å². The van der Waals surface area contributed by atoms with Crippen molar-refractivity contribution in [2.75, 3.05) is 26.2 Å². The summed E-state index contributed by atoms with van der Waals surface area (Å²) in [7, 11) is -3.53. The van der Waals surface area contributed by atoms with Gasteiger partial charge >= 0.3 is 12.0 Å². The second-order valence-electron chi connectivity index (χ2n) is 7.04. The number of amides is 2. The molecule has 1 aliphatic carbocycles. The first kappa shape index (κ1) is 19.6. The molecule has 148 valence electrons. The normalized spacial score (nSPS) is 24.4. The maximum absolute atomic E-state index is 12.6. The number of carboxylic acids is 1. The molecule has 2 N–H and O–H groups in total. The fraction of sp³-hybridized carbons (Fsp3) is 0.556. The third-order valence-electron chi connectivity index (χ3n) is 5.31. The average molecular weight is 395 g/mol. The summed E-state index contributed by atoms with van der Waals surface area (Å²) in [6, 6.07) is 8.07. The van der Waals surface area contributed by atoms with Gasteiger partial charge in [-0.2, -0.15) is 4.31 Å². The van der Waals surface area contributed by atoms with Gasteiger partial charge in [0.25, 0.3) is 0 Å². The van der Waals surface area contributed by atoms with E-state index >= 15 is 0 Å². The Morgan fingerprint density at radius 3 is 2.11 bits per heavy atom.